The van der Waals surface area contributed by atoms with Crippen LogP contribution >= 0.6 is 0 Å². The number of rotatable bonds is 8. The van der Waals surface area contributed by atoms with Gasteiger partial charge in [0.2, 0.25) is 0 Å². The molecule has 12 nitrogen and oxygen atoms in total. The molecule has 0 radical (unpaired) electrons. The minimum atomic E-state index is -2.97. The van der Waals surface area contributed by atoms with Gasteiger partial charge in [0.15, 0.2) is 0 Å². The molecule has 0 aromatic carbocycles. The number of aliphatic hydroxyl groups is 1. The van der Waals surface area contributed by atoms with Crippen LogP contribution in [0.4, 0.5) is 0 Å². The quantitative estimate of drug-likeness (QED) is 0.271. The van der Waals surface area contributed by atoms with Gasteiger partial charge in [-0.3, -0.25) is 4.79 Å². The van der Waals surface area contributed by atoms with E-state index in [9.17, 15) is 34.5 Å². The molecule has 0 aliphatic rings. The third kappa shape index (κ3) is 10.3. The Kier molecular flexibility index (Phi) is 11.3. The molecule has 1 unspecified atom stereocenters. The van der Waals surface area contributed by atoms with Gasteiger partial charge in [-0.15, -0.1) is 0 Å². The number of hydrogen-bond donors (Lipinski definition) is 4. The second-order valence-corrected chi connectivity index (χ2v) is 4.63. The average molecular weight is 452 g/mol. The van der Waals surface area contributed by atoms with Crippen molar-refractivity contribution in [2.24, 2.45) is 5.73 Å². The smallest absolute Gasteiger partial charge is 0.550 e. The number of aromatic amines is 1. The molecule has 1 aromatic rings. The van der Waals surface area contributed by atoms with Crippen molar-refractivity contribution in [3.8, 4) is 0 Å². The summed E-state index contributed by atoms with van der Waals surface area (Å²) in [4.78, 5) is 46.8. The molecule has 0 saturated carbocycles. The molecule has 0 fully saturated rings. The standard InChI is InChI=1S/C6H9N3O2.C6H8O7.Ag/c7-5(6(10)11)1-4-2-8-3-9-4;7-3(8)1-6(13,5(11)12)2-4(9)10;/h2-3,5H,1,7H2,(H,8,9)(H,10,11);13H,1-2H2,(H,7,8)(H,9,10)(H,11,12);/q;;+3/p-3. The monoisotopic (exact) mass is 451 g/mol. The van der Waals surface area contributed by atoms with E-state index in [4.69, 9.17) is 15.9 Å². The maximum absolute atomic E-state index is 10.3. The van der Waals surface area contributed by atoms with Gasteiger partial charge in [0.1, 0.15) is 11.6 Å². The van der Waals surface area contributed by atoms with Crippen LogP contribution in [0.3, 0.4) is 0 Å². The largest absolute Gasteiger partial charge is 3.00 e. The van der Waals surface area contributed by atoms with Gasteiger partial charge in [-0.25, -0.2) is 4.98 Å². The molecule has 5 N–H and O–H groups in total. The van der Waals surface area contributed by atoms with Crippen molar-refractivity contribution < 1.29 is 67.1 Å². The van der Waals surface area contributed by atoms with Crippen LogP contribution in [-0.2, 0) is 48.0 Å². The first-order valence-corrected chi connectivity index (χ1v) is 6.27. The van der Waals surface area contributed by atoms with Crippen molar-refractivity contribution >= 4 is 23.9 Å². The van der Waals surface area contributed by atoms with Gasteiger partial charge >= 0.3 is 28.3 Å². The van der Waals surface area contributed by atoms with Crippen molar-refractivity contribution in [1.82, 2.24) is 9.97 Å². The zero-order valence-corrected chi connectivity index (χ0v) is 13.9. The number of nitrogens with two attached hydrogens (primary N) is 1. The van der Waals surface area contributed by atoms with Gasteiger partial charge in [0.25, 0.3) is 0 Å². The van der Waals surface area contributed by atoms with Crippen LogP contribution in [0.15, 0.2) is 12.5 Å². The third-order valence-electron chi connectivity index (χ3n) is 2.55. The SMILES string of the molecule is NC(Cc1c[nH]cn1)C(=O)O.O=C([O-])CC(O)(CC(=O)[O-])C(=O)[O-].[Ag+3]. The molecule has 142 valence electrons. The Balaban J connectivity index is 0. The first kappa shape index (κ1) is 25.0. The van der Waals surface area contributed by atoms with Crippen molar-refractivity contribution in [3.05, 3.63) is 18.2 Å². The third-order valence-corrected chi connectivity index (χ3v) is 2.55. The fourth-order valence-corrected chi connectivity index (χ4v) is 1.40. The van der Waals surface area contributed by atoms with E-state index < -0.39 is 48.4 Å². The maximum atomic E-state index is 10.3. The number of carboxylic acids is 4. The van der Waals surface area contributed by atoms with E-state index in [1.54, 1.807) is 6.20 Å². The summed E-state index contributed by atoms with van der Waals surface area (Å²) in [6, 6.07) is -0.863. The van der Waals surface area contributed by atoms with Gasteiger partial charge in [-0.2, -0.15) is 0 Å². The number of carbonyl (C=O) groups is 4. The predicted molar refractivity (Wildman–Crippen MR) is 67.1 cm³/mol. The molecule has 0 amide bonds. The predicted octanol–water partition coefficient (Wildman–Crippen LogP) is -5.89. The summed E-state index contributed by atoms with van der Waals surface area (Å²) in [5, 5.41) is 47.3. The first-order chi connectivity index (χ1) is 11.0. The molecular weight excluding hydrogens is 438 g/mol. The van der Waals surface area contributed by atoms with Crippen LogP contribution in [0.25, 0.3) is 0 Å². The Labute approximate surface area is 156 Å². The van der Waals surface area contributed by atoms with Crippen molar-refractivity contribution in [2.45, 2.75) is 30.9 Å². The summed E-state index contributed by atoms with van der Waals surface area (Å²) >= 11 is 0. The van der Waals surface area contributed by atoms with E-state index in [1.165, 1.54) is 6.33 Å². The number of nitrogens with zero attached hydrogens (tertiary/aromatic N) is 1. The minimum absolute atomic E-state index is 0. The molecule has 0 aliphatic heterocycles. The molecule has 1 aromatic heterocycles. The molecule has 25 heavy (non-hydrogen) atoms. The van der Waals surface area contributed by atoms with E-state index in [0.717, 1.165) is 0 Å². The van der Waals surface area contributed by atoms with E-state index in [-0.39, 0.29) is 28.8 Å². The van der Waals surface area contributed by atoms with E-state index in [0.29, 0.717) is 5.69 Å². The molecule has 1 rings (SSSR count). The van der Waals surface area contributed by atoms with Crippen LogP contribution < -0.4 is 21.1 Å². The van der Waals surface area contributed by atoms with E-state index >= 15 is 0 Å². The van der Waals surface area contributed by atoms with Gasteiger partial charge < -0.3 is 50.6 Å². The fourth-order valence-electron chi connectivity index (χ4n) is 1.40. The van der Waals surface area contributed by atoms with Crippen molar-refractivity contribution in [3.63, 3.8) is 0 Å². The summed E-state index contributed by atoms with van der Waals surface area (Å²) in [5.74, 6) is -6.99. The zero-order chi connectivity index (χ0) is 18.9. The molecular formula is C12H14AgN3O9. The summed E-state index contributed by atoms with van der Waals surface area (Å²) in [6.45, 7) is 0. The summed E-state index contributed by atoms with van der Waals surface area (Å²) in [5.41, 5.74) is 2.95. The van der Waals surface area contributed by atoms with Gasteiger partial charge in [0, 0.05) is 37.4 Å². The molecule has 1 heterocycles. The number of aliphatic carboxylic acids is 4. The molecule has 0 bridgehead atoms. The second kappa shape index (κ2) is 11.3. The van der Waals surface area contributed by atoms with Crippen molar-refractivity contribution in [2.75, 3.05) is 0 Å². The zero-order valence-electron chi connectivity index (χ0n) is 12.4. The Hall–Kier alpha value is -2.25. The first-order valence-electron chi connectivity index (χ1n) is 6.27. The number of H-pyrrole nitrogens is 1. The number of hydrogen-bond acceptors (Lipinski definition) is 10. The van der Waals surface area contributed by atoms with Crippen LogP contribution in [0.5, 0.6) is 0 Å². The number of aromatic nitrogens is 2. The number of carbonyl (C=O) groups excluding carboxylic acids is 3. The van der Waals surface area contributed by atoms with Gasteiger partial charge in [-0.1, -0.05) is 0 Å². The normalized spacial score (nSPS) is 11.3. The molecule has 0 aliphatic carbocycles. The number of imidazole rings is 1. The summed E-state index contributed by atoms with van der Waals surface area (Å²) < 4.78 is 0. The maximum Gasteiger partial charge on any atom is 3.00 e. The van der Waals surface area contributed by atoms with Crippen LogP contribution in [0.1, 0.15) is 18.5 Å². The second-order valence-electron chi connectivity index (χ2n) is 4.63. The summed E-state index contributed by atoms with van der Waals surface area (Å²) in [7, 11) is 0. The van der Waals surface area contributed by atoms with Crippen LogP contribution in [0, 0.1) is 0 Å². The Bertz CT molecular complexity index is 575. The van der Waals surface area contributed by atoms with Gasteiger partial charge in [0.05, 0.1) is 18.0 Å². The number of carboxylic acid groups (broad SMARTS) is 4. The van der Waals surface area contributed by atoms with Crippen LogP contribution in [0.2, 0.25) is 0 Å². The van der Waals surface area contributed by atoms with Crippen LogP contribution in [-0.4, -0.2) is 55.7 Å². The Morgan fingerprint density at radius 2 is 1.68 bits per heavy atom. The molecule has 13 heteroatoms. The van der Waals surface area contributed by atoms with Gasteiger partial charge in [-0.05, 0) is 0 Å². The fraction of sp³-hybridized carbons (Fsp3) is 0.417. The summed E-state index contributed by atoms with van der Waals surface area (Å²) in [6.07, 6.45) is 0.665. The Morgan fingerprint density at radius 1 is 1.20 bits per heavy atom. The van der Waals surface area contributed by atoms with E-state index in [1.807, 2.05) is 0 Å². The Morgan fingerprint density at radius 3 is 1.96 bits per heavy atom. The topological polar surface area (TPSA) is 233 Å². The molecule has 1 atom stereocenters. The average Bonchev–Trinajstić information content (AvgIpc) is 2.90. The van der Waals surface area contributed by atoms with Crippen molar-refractivity contribution in [1.29, 1.82) is 0 Å². The van der Waals surface area contributed by atoms with E-state index in [2.05, 4.69) is 9.97 Å². The molecule has 0 saturated heterocycles. The number of nitrogens with one attached hydrogen (secondary N) is 1. The molecule has 0 spiro atoms. The minimum Gasteiger partial charge on any atom is -0.550 e.